The molecule has 0 spiro atoms. The number of benzene rings is 2. The van der Waals surface area contributed by atoms with Gasteiger partial charge in [0.15, 0.2) is 0 Å². The van der Waals surface area contributed by atoms with Crippen molar-refractivity contribution < 1.29 is 13.2 Å². The highest BCUT2D eigenvalue weighted by atomic mass is 32.2. The number of fused-ring (bicyclic) bond motifs is 1. The average Bonchev–Trinajstić information content (AvgIpc) is 2.62. The van der Waals surface area contributed by atoms with E-state index in [4.69, 9.17) is 0 Å². The molecule has 2 aromatic rings. The number of sulfonamides is 1. The standard InChI is InChI=1S/C18H21N3O3S/c1-12-8-9-13(11-17(12)25(23,24)19-2)21-18(22)15-5-3-7-16-14(15)6-4-10-20-16/h3,5,7-9,11,19-20H,4,6,10H2,1-2H3,(H,21,22). The Morgan fingerprint density at radius 1 is 1.20 bits per heavy atom. The SMILES string of the molecule is CNS(=O)(=O)c1cc(NC(=O)c2cccc3c2CCCN3)ccc1C. The number of hydrogen-bond donors (Lipinski definition) is 3. The van der Waals surface area contributed by atoms with Crippen LogP contribution in [-0.4, -0.2) is 27.9 Å². The molecule has 0 aromatic heterocycles. The molecule has 3 N–H and O–H groups in total. The van der Waals surface area contributed by atoms with E-state index in [1.54, 1.807) is 25.1 Å². The smallest absolute Gasteiger partial charge is 0.256 e. The zero-order valence-corrected chi connectivity index (χ0v) is 15.0. The molecule has 0 aliphatic carbocycles. The molecule has 0 saturated heterocycles. The molecule has 0 atom stereocenters. The molecule has 1 heterocycles. The van der Waals surface area contributed by atoms with Crippen LogP contribution in [0.2, 0.25) is 0 Å². The molecular formula is C18H21N3O3S. The largest absolute Gasteiger partial charge is 0.385 e. The lowest BCUT2D eigenvalue weighted by Gasteiger charge is -2.20. The van der Waals surface area contributed by atoms with Crippen LogP contribution in [0.15, 0.2) is 41.3 Å². The zero-order valence-electron chi connectivity index (χ0n) is 14.2. The Morgan fingerprint density at radius 2 is 2.00 bits per heavy atom. The summed E-state index contributed by atoms with van der Waals surface area (Å²) in [4.78, 5) is 12.9. The summed E-state index contributed by atoms with van der Waals surface area (Å²) in [5, 5.41) is 6.11. The fraction of sp³-hybridized carbons (Fsp3) is 0.278. The molecule has 7 heteroatoms. The first-order chi connectivity index (χ1) is 11.9. The van der Waals surface area contributed by atoms with Gasteiger partial charge in [-0.15, -0.1) is 0 Å². The summed E-state index contributed by atoms with van der Waals surface area (Å²) in [6.45, 7) is 2.62. The predicted octanol–water partition coefficient (Wildman–Crippen LogP) is 2.51. The summed E-state index contributed by atoms with van der Waals surface area (Å²) >= 11 is 0. The summed E-state index contributed by atoms with van der Waals surface area (Å²) in [6.07, 6.45) is 1.82. The van der Waals surface area contributed by atoms with Gasteiger partial charge in [-0.25, -0.2) is 13.1 Å². The Morgan fingerprint density at radius 3 is 2.76 bits per heavy atom. The second kappa shape index (κ2) is 6.85. The second-order valence-electron chi connectivity index (χ2n) is 6.00. The van der Waals surface area contributed by atoms with Crippen molar-refractivity contribution in [3.8, 4) is 0 Å². The monoisotopic (exact) mass is 359 g/mol. The van der Waals surface area contributed by atoms with E-state index in [0.29, 0.717) is 16.8 Å². The van der Waals surface area contributed by atoms with Gasteiger partial charge in [0.05, 0.1) is 4.90 Å². The Kier molecular flexibility index (Phi) is 4.78. The lowest BCUT2D eigenvalue weighted by Crippen LogP contribution is -2.21. The van der Waals surface area contributed by atoms with E-state index < -0.39 is 10.0 Å². The lowest BCUT2D eigenvalue weighted by molar-refractivity contribution is 0.102. The molecular weight excluding hydrogens is 338 g/mol. The van der Waals surface area contributed by atoms with Gasteiger partial charge in [0.2, 0.25) is 10.0 Å². The van der Waals surface area contributed by atoms with E-state index in [9.17, 15) is 13.2 Å². The maximum absolute atomic E-state index is 12.7. The van der Waals surface area contributed by atoms with Gasteiger partial charge in [0, 0.05) is 23.5 Å². The van der Waals surface area contributed by atoms with E-state index in [1.807, 2.05) is 12.1 Å². The van der Waals surface area contributed by atoms with Crippen LogP contribution in [0.1, 0.15) is 27.9 Å². The Hall–Kier alpha value is -2.38. The summed E-state index contributed by atoms with van der Waals surface area (Å²) in [7, 11) is -2.21. The maximum atomic E-state index is 12.7. The number of amides is 1. The lowest BCUT2D eigenvalue weighted by atomic mass is 9.97. The molecule has 3 rings (SSSR count). The maximum Gasteiger partial charge on any atom is 0.256 e. The van der Waals surface area contributed by atoms with E-state index >= 15 is 0 Å². The summed E-state index contributed by atoms with van der Waals surface area (Å²) in [5.74, 6) is -0.239. The van der Waals surface area contributed by atoms with Crippen molar-refractivity contribution in [3.63, 3.8) is 0 Å². The third kappa shape index (κ3) is 3.52. The third-order valence-electron chi connectivity index (χ3n) is 4.34. The number of carbonyl (C=O) groups excluding carboxylic acids is 1. The highest BCUT2D eigenvalue weighted by Crippen LogP contribution is 2.26. The first-order valence-corrected chi connectivity index (χ1v) is 9.62. The summed E-state index contributed by atoms with van der Waals surface area (Å²) in [5.41, 5.74) is 3.67. The van der Waals surface area contributed by atoms with Crippen LogP contribution in [0.3, 0.4) is 0 Å². The molecule has 6 nitrogen and oxygen atoms in total. The zero-order chi connectivity index (χ0) is 18.0. The van der Waals surface area contributed by atoms with Gasteiger partial charge in [-0.2, -0.15) is 0 Å². The Labute approximate surface area is 147 Å². The molecule has 132 valence electrons. The van der Waals surface area contributed by atoms with Crippen molar-refractivity contribution in [2.45, 2.75) is 24.7 Å². The molecule has 0 unspecified atom stereocenters. The van der Waals surface area contributed by atoms with Gasteiger partial charge in [-0.05, 0) is 62.2 Å². The van der Waals surface area contributed by atoms with Crippen LogP contribution in [0.25, 0.3) is 0 Å². The van der Waals surface area contributed by atoms with Gasteiger partial charge < -0.3 is 10.6 Å². The molecule has 2 aromatic carbocycles. The van der Waals surface area contributed by atoms with Crippen LogP contribution in [-0.2, 0) is 16.4 Å². The molecule has 25 heavy (non-hydrogen) atoms. The van der Waals surface area contributed by atoms with Gasteiger partial charge in [-0.1, -0.05) is 12.1 Å². The molecule has 1 aliphatic heterocycles. The molecule has 1 aliphatic rings. The van der Waals surface area contributed by atoms with E-state index in [2.05, 4.69) is 15.4 Å². The normalized spacial score (nSPS) is 13.7. The fourth-order valence-electron chi connectivity index (χ4n) is 3.00. The van der Waals surface area contributed by atoms with Crippen LogP contribution in [0, 0.1) is 6.92 Å². The van der Waals surface area contributed by atoms with E-state index in [1.165, 1.54) is 13.1 Å². The number of anilines is 2. The van der Waals surface area contributed by atoms with Gasteiger partial charge in [-0.3, -0.25) is 4.79 Å². The van der Waals surface area contributed by atoms with E-state index in [-0.39, 0.29) is 10.8 Å². The minimum atomic E-state index is -3.58. The van der Waals surface area contributed by atoms with E-state index in [0.717, 1.165) is 30.6 Å². The number of hydrogen-bond acceptors (Lipinski definition) is 4. The van der Waals surface area contributed by atoms with Crippen LogP contribution in [0.4, 0.5) is 11.4 Å². The topological polar surface area (TPSA) is 87.3 Å². The summed E-state index contributed by atoms with van der Waals surface area (Å²) < 4.78 is 26.5. The van der Waals surface area contributed by atoms with Crippen molar-refractivity contribution >= 4 is 27.3 Å². The van der Waals surface area contributed by atoms with Crippen molar-refractivity contribution in [1.82, 2.24) is 4.72 Å². The van der Waals surface area contributed by atoms with Gasteiger partial charge in [0.25, 0.3) is 5.91 Å². The van der Waals surface area contributed by atoms with Gasteiger partial charge >= 0.3 is 0 Å². The van der Waals surface area contributed by atoms with Crippen molar-refractivity contribution in [2.75, 3.05) is 24.2 Å². The van der Waals surface area contributed by atoms with Gasteiger partial charge in [0.1, 0.15) is 0 Å². The number of rotatable bonds is 4. The summed E-state index contributed by atoms with van der Waals surface area (Å²) in [6, 6.07) is 10.5. The quantitative estimate of drug-likeness (QED) is 0.783. The Bertz CT molecular complexity index is 923. The highest BCUT2D eigenvalue weighted by molar-refractivity contribution is 7.89. The second-order valence-corrected chi connectivity index (χ2v) is 7.86. The molecule has 0 saturated carbocycles. The molecule has 0 fully saturated rings. The molecule has 1 amide bonds. The number of aryl methyl sites for hydroxylation is 1. The first-order valence-electron chi connectivity index (χ1n) is 8.13. The third-order valence-corrected chi connectivity index (χ3v) is 5.90. The van der Waals surface area contributed by atoms with Crippen molar-refractivity contribution in [1.29, 1.82) is 0 Å². The van der Waals surface area contributed by atoms with Crippen molar-refractivity contribution in [2.24, 2.45) is 0 Å². The minimum Gasteiger partial charge on any atom is -0.385 e. The minimum absolute atomic E-state index is 0.157. The highest BCUT2D eigenvalue weighted by Gasteiger charge is 2.19. The molecule has 0 radical (unpaired) electrons. The van der Waals surface area contributed by atoms with Crippen LogP contribution < -0.4 is 15.4 Å². The van der Waals surface area contributed by atoms with Crippen LogP contribution in [0.5, 0.6) is 0 Å². The molecule has 0 bridgehead atoms. The fourth-order valence-corrected chi connectivity index (χ4v) is 3.99. The average molecular weight is 359 g/mol. The van der Waals surface area contributed by atoms with Crippen LogP contribution >= 0.6 is 0 Å². The van der Waals surface area contributed by atoms with Crippen molar-refractivity contribution in [3.05, 3.63) is 53.1 Å². The number of carbonyl (C=O) groups is 1. The predicted molar refractivity (Wildman–Crippen MR) is 98.6 cm³/mol. The first kappa shape index (κ1) is 17.4. The number of nitrogens with one attached hydrogen (secondary N) is 3. The Balaban J connectivity index is 1.91.